The van der Waals surface area contributed by atoms with Crippen LogP contribution in [0.2, 0.25) is 5.02 Å². The molecule has 0 unspecified atom stereocenters. The maximum atomic E-state index is 14.7. The van der Waals surface area contributed by atoms with Crippen LogP contribution in [0, 0.1) is 13.8 Å². The van der Waals surface area contributed by atoms with Crippen LogP contribution in [0.4, 0.5) is 5.69 Å². The number of sulfonamides is 1. The number of nitrogens with zero attached hydrogens (tertiary/aromatic N) is 2. The minimum absolute atomic E-state index is 0.0371. The molecule has 7 nitrogen and oxygen atoms in total. The fourth-order valence-corrected chi connectivity index (χ4v) is 7.69. The highest BCUT2D eigenvalue weighted by atomic mass is 35.5. The Balaban J connectivity index is 1.57. The molecule has 47 heavy (non-hydrogen) atoms. The van der Waals surface area contributed by atoms with Gasteiger partial charge in [-0.05, 0) is 67.6 Å². The van der Waals surface area contributed by atoms with E-state index in [4.69, 9.17) is 11.6 Å². The number of carbonyl (C=O) groups excluding carboxylic acids is 2. The van der Waals surface area contributed by atoms with Gasteiger partial charge in [0.25, 0.3) is 10.0 Å². The molecule has 1 atom stereocenters. The van der Waals surface area contributed by atoms with Crippen molar-refractivity contribution in [2.75, 3.05) is 10.8 Å². The van der Waals surface area contributed by atoms with Gasteiger partial charge in [0.1, 0.15) is 12.6 Å². The van der Waals surface area contributed by atoms with Crippen LogP contribution in [0.3, 0.4) is 0 Å². The van der Waals surface area contributed by atoms with Crippen LogP contribution in [0.15, 0.2) is 108 Å². The van der Waals surface area contributed by atoms with Gasteiger partial charge < -0.3 is 10.2 Å². The van der Waals surface area contributed by atoms with E-state index in [2.05, 4.69) is 5.32 Å². The zero-order chi connectivity index (χ0) is 33.4. The van der Waals surface area contributed by atoms with Gasteiger partial charge in [-0.25, -0.2) is 8.42 Å². The van der Waals surface area contributed by atoms with E-state index in [0.29, 0.717) is 5.02 Å². The standard InChI is InChI=1S/C38H42ClN3O4S/c1-28-13-12-16-31(23-28)26-41(36(24-30-14-6-3-7-15-30)38(44)40-32-17-8-4-9-18-32)37(43)27-42(33-22-21-29(2)35(39)25-33)47(45,46)34-19-10-5-11-20-34/h3,5-7,10-16,19-23,25,32,36H,4,8-9,17-18,24,26-27H2,1-2H3,(H,40,44)/t36-/m0/s1. The number of nitrogens with one attached hydrogen (secondary N) is 1. The van der Waals surface area contributed by atoms with Crippen LogP contribution in [0.1, 0.15) is 54.4 Å². The number of aryl methyl sites for hydroxylation is 2. The van der Waals surface area contributed by atoms with Gasteiger partial charge in [0.2, 0.25) is 11.8 Å². The van der Waals surface area contributed by atoms with E-state index in [-0.39, 0.29) is 35.5 Å². The zero-order valence-electron chi connectivity index (χ0n) is 26.9. The van der Waals surface area contributed by atoms with Gasteiger partial charge in [-0.3, -0.25) is 13.9 Å². The van der Waals surface area contributed by atoms with Gasteiger partial charge >= 0.3 is 0 Å². The molecule has 1 aliphatic rings. The summed E-state index contributed by atoms with van der Waals surface area (Å²) in [4.78, 5) is 30.5. The lowest BCUT2D eigenvalue weighted by Crippen LogP contribution is -2.55. The summed E-state index contributed by atoms with van der Waals surface area (Å²) in [6, 6.07) is 29.5. The van der Waals surface area contributed by atoms with Gasteiger partial charge in [0.15, 0.2) is 0 Å². The molecule has 0 radical (unpaired) electrons. The summed E-state index contributed by atoms with van der Waals surface area (Å²) in [7, 11) is -4.19. The average Bonchev–Trinajstić information content (AvgIpc) is 3.07. The predicted octanol–water partition coefficient (Wildman–Crippen LogP) is 7.24. The average molecular weight is 672 g/mol. The number of anilines is 1. The molecule has 1 aliphatic carbocycles. The molecular formula is C38H42ClN3O4S. The number of carbonyl (C=O) groups is 2. The third-order valence-electron chi connectivity index (χ3n) is 8.71. The van der Waals surface area contributed by atoms with Gasteiger partial charge in [0, 0.05) is 24.0 Å². The molecule has 4 aromatic carbocycles. The highest BCUT2D eigenvalue weighted by Gasteiger charge is 2.35. The second kappa shape index (κ2) is 15.6. The van der Waals surface area contributed by atoms with Crippen LogP contribution in [-0.4, -0.2) is 43.8 Å². The van der Waals surface area contributed by atoms with Gasteiger partial charge in [0.05, 0.1) is 10.6 Å². The van der Waals surface area contributed by atoms with Crippen molar-refractivity contribution in [1.82, 2.24) is 10.2 Å². The monoisotopic (exact) mass is 671 g/mol. The van der Waals surface area contributed by atoms with Crippen molar-refractivity contribution in [3.05, 3.63) is 130 Å². The van der Waals surface area contributed by atoms with Crippen molar-refractivity contribution in [3.8, 4) is 0 Å². The van der Waals surface area contributed by atoms with Crippen molar-refractivity contribution in [1.29, 1.82) is 0 Å². The first kappa shape index (κ1) is 34.2. The number of rotatable bonds is 12. The van der Waals surface area contributed by atoms with Gasteiger partial charge in [-0.15, -0.1) is 0 Å². The number of hydrogen-bond donors (Lipinski definition) is 1. The Kier molecular flexibility index (Phi) is 11.4. The third-order valence-corrected chi connectivity index (χ3v) is 10.9. The number of amides is 2. The molecule has 4 aromatic rings. The molecular weight excluding hydrogens is 630 g/mol. The summed E-state index contributed by atoms with van der Waals surface area (Å²) >= 11 is 6.48. The van der Waals surface area contributed by atoms with Crippen molar-refractivity contribution in [2.24, 2.45) is 0 Å². The minimum atomic E-state index is -4.19. The van der Waals surface area contributed by atoms with Crippen molar-refractivity contribution >= 4 is 39.1 Å². The quantitative estimate of drug-likeness (QED) is 0.172. The SMILES string of the molecule is Cc1cccc(CN(C(=O)CN(c2ccc(C)c(Cl)c2)S(=O)(=O)c2ccccc2)[C@@H](Cc2ccccc2)C(=O)NC2CCCCC2)c1. The molecule has 1 fully saturated rings. The second-order valence-electron chi connectivity index (χ2n) is 12.3. The first-order chi connectivity index (χ1) is 22.6. The maximum Gasteiger partial charge on any atom is 0.264 e. The second-order valence-corrected chi connectivity index (χ2v) is 14.6. The predicted molar refractivity (Wildman–Crippen MR) is 188 cm³/mol. The van der Waals surface area contributed by atoms with Crippen molar-refractivity contribution in [3.63, 3.8) is 0 Å². The number of hydrogen-bond acceptors (Lipinski definition) is 4. The molecule has 0 bridgehead atoms. The largest absolute Gasteiger partial charge is 0.352 e. The lowest BCUT2D eigenvalue weighted by molar-refractivity contribution is -0.140. The highest BCUT2D eigenvalue weighted by molar-refractivity contribution is 7.92. The zero-order valence-corrected chi connectivity index (χ0v) is 28.5. The molecule has 9 heteroatoms. The lowest BCUT2D eigenvalue weighted by atomic mass is 9.94. The smallest absolute Gasteiger partial charge is 0.264 e. The Morgan fingerprint density at radius 2 is 1.49 bits per heavy atom. The maximum absolute atomic E-state index is 14.7. The van der Waals surface area contributed by atoms with E-state index in [9.17, 15) is 18.0 Å². The van der Waals surface area contributed by atoms with Gasteiger partial charge in [-0.2, -0.15) is 0 Å². The van der Waals surface area contributed by atoms with E-state index in [1.54, 1.807) is 41.3 Å². The molecule has 1 saturated carbocycles. The summed E-state index contributed by atoms with van der Waals surface area (Å²) in [5, 5.41) is 3.63. The Bertz CT molecular complexity index is 1780. The van der Waals surface area contributed by atoms with Crippen LogP contribution in [-0.2, 0) is 32.6 Å². The summed E-state index contributed by atoms with van der Waals surface area (Å²) in [5.74, 6) is -0.736. The molecule has 2 amide bonds. The Hall–Kier alpha value is -4.14. The molecule has 0 heterocycles. The van der Waals surface area contributed by atoms with E-state index in [1.807, 2.05) is 68.4 Å². The fourth-order valence-electron chi connectivity index (χ4n) is 6.09. The Labute approximate surface area is 283 Å². The molecule has 0 spiro atoms. The molecule has 1 N–H and O–H groups in total. The van der Waals surface area contributed by atoms with Crippen molar-refractivity contribution < 1.29 is 18.0 Å². The Morgan fingerprint density at radius 1 is 0.830 bits per heavy atom. The molecule has 246 valence electrons. The molecule has 0 saturated heterocycles. The van der Waals surface area contributed by atoms with Gasteiger partial charge in [-0.1, -0.05) is 115 Å². The summed E-state index contributed by atoms with van der Waals surface area (Å²) in [6.45, 7) is 3.41. The first-order valence-electron chi connectivity index (χ1n) is 16.1. The van der Waals surface area contributed by atoms with Crippen LogP contribution < -0.4 is 9.62 Å². The molecule has 0 aromatic heterocycles. The fraction of sp³-hybridized carbons (Fsp3) is 0.316. The topological polar surface area (TPSA) is 86.8 Å². The Morgan fingerprint density at radius 3 is 2.15 bits per heavy atom. The van der Waals surface area contributed by atoms with Crippen LogP contribution in [0.25, 0.3) is 0 Å². The normalized spacial score (nSPS) is 14.3. The summed E-state index contributed by atoms with van der Waals surface area (Å²) in [6.07, 6.45) is 5.31. The van der Waals surface area contributed by atoms with E-state index >= 15 is 0 Å². The van der Waals surface area contributed by atoms with E-state index in [0.717, 1.165) is 58.7 Å². The minimum Gasteiger partial charge on any atom is -0.352 e. The first-order valence-corrected chi connectivity index (χ1v) is 18.0. The van der Waals surface area contributed by atoms with Crippen LogP contribution >= 0.6 is 11.6 Å². The van der Waals surface area contributed by atoms with E-state index in [1.165, 1.54) is 12.1 Å². The number of benzene rings is 4. The van der Waals surface area contributed by atoms with Crippen LogP contribution in [0.5, 0.6) is 0 Å². The lowest BCUT2D eigenvalue weighted by Gasteiger charge is -2.35. The van der Waals surface area contributed by atoms with E-state index < -0.39 is 28.5 Å². The summed E-state index contributed by atoms with van der Waals surface area (Å²) in [5.41, 5.74) is 3.81. The third kappa shape index (κ3) is 8.82. The summed E-state index contributed by atoms with van der Waals surface area (Å²) < 4.78 is 29.5. The highest BCUT2D eigenvalue weighted by Crippen LogP contribution is 2.29. The molecule has 0 aliphatic heterocycles. The van der Waals surface area contributed by atoms with Crippen molar-refractivity contribution in [2.45, 2.75) is 75.9 Å². The number of halogens is 1. The molecule has 5 rings (SSSR count).